The van der Waals surface area contributed by atoms with E-state index in [0.29, 0.717) is 37.6 Å². The standard InChI is InChI=1S/C19H28N2O4/c22-10-7-19(8-11-24-14-19)13-21-18(23)15-6-9-20-17(12-15)25-16-4-2-1-3-5-16/h6,9,12,16,22H,1-5,7-8,10-11,13-14H2,(H,21,23). The molecule has 2 aliphatic rings. The van der Waals surface area contributed by atoms with Crippen LogP contribution in [0.3, 0.4) is 0 Å². The maximum Gasteiger partial charge on any atom is 0.251 e. The number of pyridine rings is 1. The molecule has 1 aromatic heterocycles. The number of nitrogens with one attached hydrogen (secondary N) is 1. The van der Waals surface area contributed by atoms with Gasteiger partial charge in [-0.3, -0.25) is 4.79 Å². The van der Waals surface area contributed by atoms with Crippen LogP contribution in [0.4, 0.5) is 0 Å². The number of aliphatic hydroxyl groups is 1. The Hall–Kier alpha value is -1.66. The van der Waals surface area contributed by atoms with Gasteiger partial charge >= 0.3 is 0 Å². The molecule has 1 saturated heterocycles. The van der Waals surface area contributed by atoms with Crippen LogP contribution in [0, 0.1) is 5.41 Å². The van der Waals surface area contributed by atoms with Gasteiger partial charge in [-0.05, 0) is 44.6 Å². The number of carbonyl (C=O) groups excluding carboxylic acids is 1. The highest BCUT2D eigenvalue weighted by Gasteiger charge is 2.34. The molecule has 25 heavy (non-hydrogen) atoms. The van der Waals surface area contributed by atoms with E-state index in [9.17, 15) is 9.90 Å². The Morgan fingerprint density at radius 3 is 2.96 bits per heavy atom. The second-order valence-electron chi connectivity index (χ2n) is 7.22. The average Bonchev–Trinajstić information content (AvgIpc) is 3.10. The van der Waals surface area contributed by atoms with E-state index in [4.69, 9.17) is 9.47 Å². The Morgan fingerprint density at radius 2 is 2.24 bits per heavy atom. The zero-order chi connectivity index (χ0) is 17.5. The van der Waals surface area contributed by atoms with E-state index in [1.807, 2.05) is 0 Å². The summed E-state index contributed by atoms with van der Waals surface area (Å²) in [6, 6.07) is 3.42. The molecule has 2 N–H and O–H groups in total. The number of carbonyl (C=O) groups is 1. The Labute approximate surface area is 148 Å². The summed E-state index contributed by atoms with van der Waals surface area (Å²) in [7, 11) is 0. The zero-order valence-electron chi connectivity index (χ0n) is 14.7. The van der Waals surface area contributed by atoms with E-state index in [0.717, 1.165) is 19.3 Å². The molecular weight excluding hydrogens is 320 g/mol. The van der Waals surface area contributed by atoms with Crippen LogP contribution in [-0.4, -0.2) is 48.5 Å². The van der Waals surface area contributed by atoms with Crippen LogP contribution in [0.25, 0.3) is 0 Å². The lowest BCUT2D eigenvalue weighted by molar-refractivity contribution is 0.0888. The third kappa shape index (κ3) is 4.92. The zero-order valence-corrected chi connectivity index (χ0v) is 14.7. The molecule has 1 aromatic rings. The van der Waals surface area contributed by atoms with E-state index >= 15 is 0 Å². The van der Waals surface area contributed by atoms with E-state index in [1.54, 1.807) is 18.3 Å². The molecule has 1 aliphatic carbocycles. The molecule has 0 bridgehead atoms. The van der Waals surface area contributed by atoms with Crippen molar-refractivity contribution in [1.82, 2.24) is 10.3 Å². The van der Waals surface area contributed by atoms with E-state index < -0.39 is 0 Å². The lowest BCUT2D eigenvalue weighted by Crippen LogP contribution is -2.38. The minimum atomic E-state index is -0.154. The van der Waals surface area contributed by atoms with E-state index in [1.165, 1.54) is 19.3 Å². The largest absolute Gasteiger partial charge is 0.474 e. The Kier molecular flexibility index (Phi) is 6.26. The first kappa shape index (κ1) is 18.1. The van der Waals surface area contributed by atoms with Crippen LogP contribution in [0.1, 0.15) is 55.3 Å². The molecule has 1 saturated carbocycles. The van der Waals surface area contributed by atoms with Crippen LogP contribution >= 0.6 is 0 Å². The van der Waals surface area contributed by atoms with Gasteiger partial charge in [0.05, 0.1) is 6.61 Å². The van der Waals surface area contributed by atoms with Crippen molar-refractivity contribution in [1.29, 1.82) is 0 Å². The van der Waals surface area contributed by atoms with Crippen LogP contribution < -0.4 is 10.1 Å². The highest BCUT2D eigenvalue weighted by Crippen LogP contribution is 2.31. The Morgan fingerprint density at radius 1 is 1.40 bits per heavy atom. The molecule has 1 atom stereocenters. The van der Waals surface area contributed by atoms with Crippen molar-refractivity contribution >= 4 is 5.91 Å². The summed E-state index contributed by atoms with van der Waals surface area (Å²) < 4.78 is 11.4. The van der Waals surface area contributed by atoms with Crippen molar-refractivity contribution < 1.29 is 19.4 Å². The summed E-state index contributed by atoms with van der Waals surface area (Å²) in [5.41, 5.74) is 0.401. The van der Waals surface area contributed by atoms with Gasteiger partial charge in [0.15, 0.2) is 0 Å². The Balaban J connectivity index is 1.57. The fourth-order valence-corrected chi connectivity index (χ4v) is 3.65. The fourth-order valence-electron chi connectivity index (χ4n) is 3.65. The summed E-state index contributed by atoms with van der Waals surface area (Å²) in [6.07, 6.45) is 9.11. The smallest absolute Gasteiger partial charge is 0.251 e. The van der Waals surface area contributed by atoms with Crippen LogP contribution in [0.15, 0.2) is 18.3 Å². The highest BCUT2D eigenvalue weighted by atomic mass is 16.5. The SMILES string of the molecule is O=C(NCC1(CCO)CCOC1)c1ccnc(OC2CCCCC2)c1. The Bertz CT molecular complexity index is 566. The van der Waals surface area contributed by atoms with E-state index in [2.05, 4.69) is 10.3 Å². The molecule has 1 amide bonds. The molecule has 3 rings (SSSR count). The van der Waals surface area contributed by atoms with Gasteiger partial charge in [-0.2, -0.15) is 0 Å². The number of ether oxygens (including phenoxy) is 2. The molecule has 1 unspecified atom stereocenters. The summed E-state index contributed by atoms with van der Waals surface area (Å²) >= 11 is 0. The summed E-state index contributed by atoms with van der Waals surface area (Å²) in [5, 5.41) is 12.3. The van der Waals surface area contributed by atoms with Gasteiger partial charge in [0.25, 0.3) is 5.91 Å². The summed E-state index contributed by atoms with van der Waals surface area (Å²) in [6.45, 7) is 1.88. The van der Waals surface area contributed by atoms with Gasteiger partial charge in [-0.1, -0.05) is 6.42 Å². The van der Waals surface area contributed by atoms with Gasteiger partial charge in [-0.25, -0.2) is 4.98 Å². The van der Waals surface area contributed by atoms with Gasteiger partial charge < -0.3 is 19.9 Å². The van der Waals surface area contributed by atoms with Gasteiger partial charge in [-0.15, -0.1) is 0 Å². The normalized spacial score (nSPS) is 24.2. The van der Waals surface area contributed by atoms with Gasteiger partial charge in [0.2, 0.25) is 5.88 Å². The minimum absolute atomic E-state index is 0.105. The van der Waals surface area contributed by atoms with Crippen molar-refractivity contribution in [2.24, 2.45) is 5.41 Å². The quantitative estimate of drug-likeness (QED) is 0.790. The topological polar surface area (TPSA) is 80.7 Å². The number of amides is 1. The van der Waals surface area contributed by atoms with Crippen LogP contribution in [0.5, 0.6) is 5.88 Å². The molecule has 0 radical (unpaired) electrons. The average molecular weight is 348 g/mol. The molecule has 2 heterocycles. The fraction of sp³-hybridized carbons (Fsp3) is 0.684. The van der Waals surface area contributed by atoms with Crippen LogP contribution in [-0.2, 0) is 4.74 Å². The number of nitrogens with zero attached hydrogens (tertiary/aromatic N) is 1. The molecule has 0 aromatic carbocycles. The predicted octanol–water partition coefficient (Wildman–Crippen LogP) is 2.31. The monoisotopic (exact) mass is 348 g/mol. The number of aromatic nitrogens is 1. The van der Waals surface area contributed by atoms with Gasteiger partial charge in [0, 0.05) is 43.0 Å². The minimum Gasteiger partial charge on any atom is -0.474 e. The maximum atomic E-state index is 12.5. The first-order valence-electron chi connectivity index (χ1n) is 9.30. The van der Waals surface area contributed by atoms with Crippen molar-refractivity contribution in [2.75, 3.05) is 26.4 Å². The number of hydrogen-bond acceptors (Lipinski definition) is 5. The van der Waals surface area contributed by atoms with Crippen LogP contribution in [0.2, 0.25) is 0 Å². The summed E-state index contributed by atoms with van der Waals surface area (Å²) in [5.74, 6) is 0.383. The number of hydrogen-bond donors (Lipinski definition) is 2. The molecule has 1 aliphatic heterocycles. The van der Waals surface area contributed by atoms with Gasteiger partial charge in [0.1, 0.15) is 6.10 Å². The molecule has 0 spiro atoms. The van der Waals surface area contributed by atoms with E-state index in [-0.39, 0.29) is 24.0 Å². The first-order chi connectivity index (χ1) is 12.2. The lowest BCUT2D eigenvalue weighted by atomic mass is 9.84. The third-order valence-electron chi connectivity index (χ3n) is 5.29. The summed E-state index contributed by atoms with van der Waals surface area (Å²) in [4.78, 5) is 16.7. The van der Waals surface area contributed by atoms with Crippen molar-refractivity contribution in [3.63, 3.8) is 0 Å². The lowest BCUT2D eigenvalue weighted by Gasteiger charge is -2.26. The number of rotatable bonds is 7. The van der Waals surface area contributed by atoms with Crippen molar-refractivity contribution in [3.8, 4) is 5.88 Å². The highest BCUT2D eigenvalue weighted by molar-refractivity contribution is 5.94. The second-order valence-corrected chi connectivity index (χ2v) is 7.22. The third-order valence-corrected chi connectivity index (χ3v) is 5.29. The molecule has 138 valence electrons. The van der Waals surface area contributed by atoms with Crippen molar-refractivity contribution in [2.45, 2.75) is 51.0 Å². The van der Waals surface area contributed by atoms with Crippen molar-refractivity contribution in [3.05, 3.63) is 23.9 Å². The molecule has 2 fully saturated rings. The molecular formula is C19H28N2O4. The maximum absolute atomic E-state index is 12.5. The number of aliphatic hydroxyl groups excluding tert-OH is 1. The second kappa shape index (κ2) is 8.63. The molecule has 6 nitrogen and oxygen atoms in total. The predicted molar refractivity (Wildman–Crippen MR) is 93.6 cm³/mol. The molecule has 6 heteroatoms. The first-order valence-corrected chi connectivity index (χ1v) is 9.30.